The second kappa shape index (κ2) is 6.11. The van der Waals surface area contributed by atoms with Crippen molar-refractivity contribution >= 4 is 11.9 Å². The van der Waals surface area contributed by atoms with Crippen LogP contribution in [0.2, 0.25) is 0 Å². The third kappa shape index (κ3) is 3.53. The summed E-state index contributed by atoms with van der Waals surface area (Å²) in [7, 11) is 1.24. The lowest BCUT2D eigenvalue weighted by Crippen LogP contribution is -2.14. The molecule has 2 N–H and O–H groups in total. The predicted octanol–water partition coefficient (Wildman–Crippen LogP) is 1.05. The van der Waals surface area contributed by atoms with Gasteiger partial charge in [-0.05, 0) is 29.7 Å². The lowest BCUT2D eigenvalue weighted by atomic mass is 9.98. The Bertz CT molecular complexity index is 458. The van der Waals surface area contributed by atoms with Crippen molar-refractivity contribution in [1.82, 2.24) is 0 Å². The molecule has 0 heterocycles. The molecule has 0 aliphatic carbocycles. The second-order valence-electron chi connectivity index (χ2n) is 3.66. The molecule has 0 amide bonds. The molecule has 98 valence electrons. The summed E-state index contributed by atoms with van der Waals surface area (Å²) in [6, 6.07) is 3.44. The van der Waals surface area contributed by atoms with Crippen LogP contribution in [0, 0.1) is 5.82 Å². The molecule has 0 fully saturated rings. The maximum Gasteiger partial charge on any atom is 0.337 e. The van der Waals surface area contributed by atoms with Gasteiger partial charge in [0.1, 0.15) is 5.82 Å². The van der Waals surface area contributed by atoms with E-state index in [9.17, 15) is 19.1 Å². The molecule has 0 spiro atoms. The van der Waals surface area contributed by atoms with Gasteiger partial charge >= 0.3 is 11.9 Å². The van der Waals surface area contributed by atoms with E-state index in [2.05, 4.69) is 4.74 Å². The van der Waals surface area contributed by atoms with Crippen molar-refractivity contribution in [3.63, 3.8) is 0 Å². The van der Waals surface area contributed by atoms with E-state index in [0.717, 1.165) is 12.1 Å². The first-order valence-electron chi connectivity index (χ1n) is 5.21. The summed E-state index contributed by atoms with van der Waals surface area (Å²) in [6.07, 6.45) is -1.61. The molecular weight excluding hydrogens is 243 g/mol. The maximum atomic E-state index is 13.0. The van der Waals surface area contributed by atoms with Crippen molar-refractivity contribution in [2.24, 2.45) is 0 Å². The van der Waals surface area contributed by atoms with Crippen molar-refractivity contribution < 1.29 is 28.9 Å². The minimum Gasteiger partial charge on any atom is -0.479 e. The van der Waals surface area contributed by atoms with E-state index in [-0.39, 0.29) is 18.4 Å². The Hall–Kier alpha value is -1.95. The molecule has 0 aliphatic rings. The summed E-state index contributed by atoms with van der Waals surface area (Å²) in [5, 5.41) is 18.2. The van der Waals surface area contributed by atoms with Gasteiger partial charge in [0.15, 0.2) is 6.10 Å². The Kier molecular flexibility index (Phi) is 4.79. The molecule has 0 saturated carbocycles. The summed E-state index contributed by atoms with van der Waals surface area (Å²) in [5.74, 6) is -2.58. The summed E-state index contributed by atoms with van der Waals surface area (Å²) >= 11 is 0. The number of aliphatic hydroxyl groups is 1. The molecular formula is C12H13FO5. The number of hydrogen-bond donors (Lipinski definition) is 2. The molecule has 1 unspecified atom stereocenters. The number of aryl methyl sites for hydroxylation is 1. The minimum absolute atomic E-state index is 0.0292. The van der Waals surface area contributed by atoms with Crippen molar-refractivity contribution in [3.8, 4) is 0 Å². The normalized spacial score (nSPS) is 11.9. The monoisotopic (exact) mass is 256 g/mol. The zero-order valence-electron chi connectivity index (χ0n) is 9.72. The molecule has 0 saturated heterocycles. The minimum atomic E-state index is -1.81. The Labute approximate surface area is 103 Å². The number of ether oxygens (including phenoxy) is 1. The number of carbonyl (C=O) groups is 2. The van der Waals surface area contributed by atoms with Gasteiger partial charge < -0.3 is 14.9 Å². The van der Waals surface area contributed by atoms with Crippen LogP contribution in [0.1, 0.15) is 23.7 Å². The number of carboxylic acid groups (broad SMARTS) is 1. The van der Waals surface area contributed by atoms with Gasteiger partial charge in [-0.2, -0.15) is 0 Å². The van der Waals surface area contributed by atoms with Gasteiger partial charge in [-0.15, -0.1) is 0 Å². The van der Waals surface area contributed by atoms with Crippen LogP contribution in [0.25, 0.3) is 0 Å². The van der Waals surface area contributed by atoms with E-state index >= 15 is 0 Å². The van der Waals surface area contributed by atoms with Crippen LogP contribution in [0.3, 0.4) is 0 Å². The Morgan fingerprint density at radius 1 is 1.44 bits per heavy atom. The third-order valence-electron chi connectivity index (χ3n) is 2.46. The fourth-order valence-electron chi connectivity index (χ4n) is 1.52. The highest BCUT2D eigenvalue weighted by Crippen LogP contribution is 2.21. The van der Waals surface area contributed by atoms with Gasteiger partial charge in [0.05, 0.1) is 7.11 Å². The van der Waals surface area contributed by atoms with Gasteiger partial charge in [0.25, 0.3) is 0 Å². The molecule has 1 atom stereocenters. The molecule has 0 radical (unpaired) electrons. The molecule has 6 heteroatoms. The van der Waals surface area contributed by atoms with Crippen molar-refractivity contribution in [1.29, 1.82) is 0 Å². The number of methoxy groups -OCH3 is 1. The van der Waals surface area contributed by atoms with E-state index in [4.69, 9.17) is 5.11 Å². The average molecular weight is 256 g/mol. The molecule has 0 aromatic heterocycles. The number of halogens is 1. The highest BCUT2D eigenvalue weighted by Gasteiger charge is 2.20. The van der Waals surface area contributed by atoms with Crippen LogP contribution in [-0.4, -0.2) is 29.3 Å². The van der Waals surface area contributed by atoms with Crippen LogP contribution in [0.5, 0.6) is 0 Å². The summed E-state index contributed by atoms with van der Waals surface area (Å²) in [6.45, 7) is 0. The number of carbonyl (C=O) groups excluding carboxylic acids is 1. The number of carboxylic acids is 1. The lowest BCUT2D eigenvalue weighted by molar-refractivity contribution is -0.147. The number of aliphatic hydroxyl groups excluding tert-OH is 1. The molecule has 5 nitrogen and oxygen atoms in total. The summed E-state index contributed by atoms with van der Waals surface area (Å²) in [4.78, 5) is 21.7. The van der Waals surface area contributed by atoms with E-state index in [1.807, 2.05) is 0 Å². The van der Waals surface area contributed by atoms with Crippen molar-refractivity contribution in [2.45, 2.75) is 18.9 Å². The van der Waals surface area contributed by atoms with Gasteiger partial charge in [0.2, 0.25) is 0 Å². The van der Waals surface area contributed by atoms with Crippen LogP contribution in [0.15, 0.2) is 18.2 Å². The largest absolute Gasteiger partial charge is 0.479 e. The quantitative estimate of drug-likeness (QED) is 0.769. The van der Waals surface area contributed by atoms with Gasteiger partial charge in [-0.3, -0.25) is 4.79 Å². The molecule has 0 aliphatic heterocycles. The SMILES string of the molecule is COC(=O)CCc1ccc(F)cc1C(O)C(=O)O. The lowest BCUT2D eigenvalue weighted by Gasteiger charge is -2.12. The molecule has 1 aromatic carbocycles. The van der Waals surface area contributed by atoms with Crippen LogP contribution >= 0.6 is 0 Å². The van der Waals surface area contributed by atoms with Gasteiger partial charge in [-0.25, -0.2) is 9.18 Å². The first kappa shape index (κ1) is 14.1. The van der Waals surface area contributed by atoms with Crippen molar-refractivity contribution in [3.05, 3.63) is 35.1 Å². The highest BCUT2D eigenvalue weighted by atomic mass is 19.1. The topological polar surface area (TPSA) is 83.8 Å². The van der Waals surface area contributed by atoms with E-state index in [0.29, 0.717) is 5.56 Å². The number of aliphatic carboxylic acids is 1. The van der Waals surface area contributed by atoms with E-state index < -0.39 is 23.9 Å². The summed E-state index contributed by atoms with van der Waals surface area (Å²) in [5.41, 5.74) is 0.350. The van der Waals surface area contributed by atoms with Gasteiger partial charge in [0, 0.05) is 6.42 Å². The van der Waals surface area contributed by atoms with Crippen LogP contribution < -0.4 is 0 Å². The van der Waals surface area contributed by atoms with Gasteiger partial charge in [-0.1, -0.05) is 6.07 Å². The average Bonchev–Trinajstić information content (AvgIpc) is 2.35. The van der Waals surface area contributed by atoms with Crippen molar-refractivity contribution in [2.75, 3.05) is 7.11 Å². The molecule has 18 heavy (non-hydrogen) atoms. The van der Waals surface area contributed by atoms with Crippen LogP contribution in [-0.2, 0) is 20.7 Å². The zero-order valence-corrected chi connectivity index (χ0v) is 9.72. The number of hydrogen-bond acceptors (Lipinski definition) is 4. The highest BCUT2D eigenvalue weighted by molar-refractivity contribution is 5.75. The molecule has 1 rings (SSSR count). The summed E-state index contributed by atoms with van der Waals surface area (Å²) < 4.78 is 17.5. The fraction of sp³-hybridized carbons (Fsp3) is 0.333. The molecule has 1 aromatic rings. The standard InChI is InChI=1S/C12H13FO5/c1-18-10(14)5-3-7-2-4-8(13)6-9(7)11(15)12(16)17/h2,4,6,11,15H,3,5H2,1H3,(H,16,17). The number of esters is 1. The Morgan fingerprint density at radius 3 is 2.67 bits per heavy atom. The first-order valence-corrected chi connectivity index (χ1v) is 5.21. The number of benzene rings is 1. The second-order valence-corrected chi connectivity index (χ2v) is 3.66. The van der Waals surface area contributed by atoms with E-state index in [1.165, 1.54) is 13.2 Å². The Morgan fingerprint density at radius 2 is 2.11 bits per heavy atom. The maximum absolute atomic E-state index is 13.0. The van der Waals surface area contributed by atoms with Crippen LogP contribution in [0.4, 0.5) is 4.39 Å². The zero-order chi connectivity index (χ0) is 13.7. The third-order valence-corrected chi connectivity index (χ3v) is 2.46. The fourth-order valence-corrected chi connectivity index (χ4v) is 1.52. The molecule has 0 bridgehead atoms. The first-order chi connectivity index (χ1) is 8.45. The van der Waals surface area contributed by atoms with E-state index in [1.54, 1.807) is 0 Å². The smallest absolute Gasteiger partial charge is 0.337 e. The number of rotatable bonds is 5. The Balaban J connectivity index is 2.96. The predicted molar refractivity (Wildman–Crippen MR) is 59.3 cm³/mol.